The molecule has 3 aromatic rings. The lowest BCUT2D eigenvalue weighted by Gasteiger charge is -2.11. The van der Waals surface area contributed by atoms with Crippen molar-refractivity contribution in [2.75, 3.05) is 27.1 Å². The van der Waals surface area contributed by atoms with Gasteiger partial charge in [-0.05, 0) is 43.5 Å². The van der Waals surface area contributed by atoms with E-state index in [0.717, 1.165) is 0 Å². The highest BCUT2D eigenvalue weighted by Gasteiger charge is 2.22. The van der Waals surface area contributed by atoms with E-state index in [1.165, 1.54) is 38.3 Å². The highest BCUT2D eigenvalue weighted by Crippen LogP contribution is 2.28. The van der Waals surface area contributed by atoms with E-state index in [4.69, 9.17) is 18.6 Å². The lowest BCUT2D eigenvalue weighted by Crippen LogP contribution is -2.17. The van der Waals surface area contributed by atoms with Gasteiger partial charge in [-0.2, -0.15) is 0 Å². The molecule has 0 aliphatic heterocycles. The summed E-state index contributed by atoms with van der Waals surface area (Å²) in [5.74, 6) is 0.742. The van der Waals surface area contributed by atoms with Crippen LogP contribution in [-0.2, 0) is 4.74 Å². The predicted molar refractivity (Wildman–Crippen MR) is 110 cm³/mol. The smallest absolute Gasteiger partial charge is 0.343 e. The monoisotopic (exact) mass is 428 g/mol. The maximum Gasteiger partial charge on any atom is 0.343 e. The van der Waals surface area contributed by atoms with Gasteiger partial charge >= 0.3 is 5.97 Å². The number of carbonyl (C=O) groups excluding carboxylic acids is 2. The molecule has 0 bridgehead atoms. The van der Waals surface area contributed by atoms with Gasteiger partial charge in [-0.1, -0.05) is 0 Å². The molecule has 8 nitrogen and oxygen atoms in total. The van der Waals surface area contributed by atoms with Crippen molar-refractivity contribution in [1.29, 1.82) is 0 Å². The molecule has 0 atom stereocenters. The molecule has 2 heterocycles. The van der Waals surface area contributed by atoms with Gasteiger partial charge in [-0.15, -0.1) is 11.8 Å². The summed E-state index contributed by atoms with van der Waals surface area (Å²) in [6, 6.07) is 8.20. The molecular formula is C21H20N2O6S. The Morgan fingerprint density at radius 3 is 2.50 bits per heavy atom. The first kappa shape index (κ1) is 21.4. The molecule has 2 aromatic heterocycles. The molecule has 0 saturated heterocycles. The Morgan fingerprint density at radius 1 is 1.10 bits per heavy atom. The first-order valence-electron chi connectivity index (χ1n) is 8.87. The first-order valence-corrected chi connectivity index (χ1v) is 10.1. The number of carbonyl (C=O) groups is 2. The number of rotatable bonds is 8. The van der Waals surface area contributed by atoms with Crippen molar-refractivity contribution in [1.82, 2.24) is 9.97 Å². The molecule has 0 fully saturated rings. The molecule has 0 amide bonds. The Bertz CT molecular complexity index is 1070. The van der Waals surface area contributed by atoms with Gasteiger partial charge in [0.15, 0.2) is 35.5 Å². The zero-order chi connectivity index (χ0) is 21.7. The Kier molecular flexibility index (Phi) is 6.73. The highest BCUT2D eigenvalue weighted by molar-refractivity contribution is 7.98. The lowest BCUT2D eigenvalue weighted by atomic mass is 10.1. The summed E-state index contributed by atoms with van der Waals surface area (Å²) >= 11 is 1.28. The van der Waals surface area contributed by atoms with Crippen LogP contribution in [0.1, 0.15) is 26.4 Å². The maximum atomic E-state index is 12.7. The van der Waals surface area contributed by atoms with E-state index in [0.29, 0.717) is 39.4 Å². The average Bonchev–Trinajstić information content (AvgIpc) is 3.31. The van der Waals surface area contributed by atoms with Gasteiger partial charge in [0, 0.05) is 5.56 Å². The fraction of sp³-hybridized carbons (Fsp3) is 0.238. The number of ether oxygens (including phenoxy) is 3. The first-order chi connectivity index (χ1) is 14.5. The topological polar surface area (TPSA) is 101 Å². The van der Waals surface area contributed by atoms with E-state index in [9.17, 15) is 9.59 Å². The summed E-state index contributed by atoms with van der Waals surface area (Å²) in [6.07, 6.45) is 3.31. The van der Waals surface area contributed by atoms with Gasteiger partial charge in [-0.25, -0.2) is 14.8 Å². The fourth-order valence-electron chi connectivity index (χ4n) is 2.74. The van der Waals surface area contributed by atoms with Crippen LogP contribution in [0.3, 0.4) is 0 Å². The summed E-state index contributed by atoms with van der Waals surface area (Å²) in [5.41, 5.74) is 0.994. The maximum absolute atomic E-state index is 12.7. The number of esters is 1. The third kappa shape index (κ3) is 4.46. The minimum Gasteiger partial charge on any atom is -0.493 e. The molecular weight excluding hydrogens is 408 g/mol. The molecule has 0 unspecified atom stereocenters. The third-order valence-electron chi connectivity index (χ3n) is 4.24. The summed E-state index contributed by atoms with van der Waals surface area (Å²) in [6.45, 7) is 1.25. The molecule has 156 valence electrons. The number of aryl methyl sites for hydroxylation is 1. The normalized spacial score (nSPS) is 10.5. The van der Waals surface area contributed by atoms with Gasteiger partial charge in [-0.3, -0.25) is 4.79 Å². The number of furan rings is 1. The van der Waals surface area contributed by atoms with E-state index >= 15 is 0 Å². The van der Waals surface area contributed by atoms with Crippen LogP contribution >= 0.6 is 11.8 Å². The fourth-order valence-corrected chi connectivity index (χ4v) is 3.35. The number of Topliss-reactive ketones (excluding diaryl/α,β-unsaturated/α-hetero) is 1. The van der Waals surface area contributed by atoms with E-state index < -0.39 is 12.6 Å². The minimum absolute atomic E-state index is 0.220. The molecule has 3 rings (SSSR count). The van der Waals surface area contributed by atoms with Crippen LogP contribution in [0.25, 0.3) is 11.6 Å². The van der Waals surface area contributed by atoms with Crippen LogP contribution in [0.5, 0.6) is 11.5 Å². The number of thioether (sulfide) groups is 1. The number of hydrogen-bond donors (Lipinski definition) is 0. The number of methoxy groups -OCH3 is 2. The highest BCUT2D eigenvalue weighted by atomic mass is 32.2. The predicted octanol–water partition coefficient (Wildman–Crippen LogP) is 3.82. The molecule has 30 heavy (non-hydrogen) atoms. The minimum atomic E-state index is -0.670. The lowest BCUT2D eigenvalue weighted by molar-refractivity contribution is 0.0469. The molecule has 9 heteroatoms. The van der Waals surface area contributed by atoms with Crippen molar-refractivity contribution in [3.8, 4) is 23.1 Å². The van der Waals surface area contributed by atoms with Crippen molar-refractivity contribution >= 4 is 23.5 Å². The Hall–Kier alpha value is -3.33. The van der Waals surface area contributed by atoms with Gasteiger partial charge in [0.2, 0.25) is 0 Å². The SMILES string of the molecule is COc1ccc(C(=O)COC(=O)c2c(C)nc(-c3ccco3)nc2SC)cc1OC. The number of hydrogen-bond acceptors (Lipinski definition) is 9. The molecule has 0 aliphatic carbocycles. The van der Waals surface area contributed by atoms with E-state index in [1.54, 1.807) is 37.4 Å². The molecule has 0 spiro atoms. The standard InChI is InChI=1S/C21H20N2O6S/c1-12-18(20(30-4)23-19(22-12)16-6-5-9-28-16)21(25)29-11-14(24)13-7-8-15(26-2)17(10-13)27-3/h5-10H,11H2,1-4H3. The van der Waals surface area contributed by atoms with Crippen LogP contribution in [0.15, 0.2) is 46.0 Å². The van der Waals surface area contributed by atoms with Gasteiger partial charge in [0.25, 0.3) is 0 Å². The Labute approximate surface area is 177 Å². The van der Waals surface area contributed by atoms with Gasteiger partial charge in [0.1, 0.15) is 10.6 Å². The summed E-state index contributed by atoms with van der Waals surface area (Å²) < 4.78 is 20.9. The molecule has 0 radical (unpaired) electrons. The van der Waals surface area contributed by atoms with Crippen molar-refractivity contribution in [3.63, 3.8) is 0 Å². The third-order valence-corrected chi connectivity index (χ3v) is 4.92. The number of aromatic nitrogens is 2. The summed E-state index contributed by atoms with van der Waals surface area (Å²) in [7, 11) is 2.98. The second-order valence-corrected chi connectivity index (χ2v) is 6.86. The average molecular weight is 428 g/mol. The molecule has 0 aliphatic rings. The Balaban J connectivity index is 1.77. The van der Waals surface area contributed by atoms with Gasteiger partial charge in [0.05, 0.1) is 26.2 Å². The van der Waals surface area contributed by atoms with Crippen LogP contribution in [-0.4, -0.2) is 48.8 Å². The van der Waals surface area contributed by atoms with Crippen molar-refractivity contribution in [3.05, 3.63) is 53.4 Å². The largest absolute Gasteiger partial charge is 0.493 e. The second-order valence-electron chi connectivity index (χ2n) is 6.06. The summed E-state index contributed by atoms with van der Waals surface area (Å²) in [4.78, 5) is 33.9. The number of benzene rings is 1. The van der Waals surface area contributed by atoms with E-state index in [1.807, 2.05) is 0 Å². The van der Waals surface area contributed by atoms with Crippen LogP contribution in [0.4, 0.5) is 0 Å². The van der Waals surface area contributed by atoms with E-state index in [2.05, 4.69) is 9.97 Å². The summed E-state index contributed by atoms with van der Waals surface area (Å²) in [5, 5.41) is 0.442. The van der Waals surface area contributed by atoms with Crippen molar-refractivity contribution < 1.29 is 28.2 Å². The van der Waals surface area contributed by atoms with Crippen molar-refractivity contribution in [2.24, 2.45) is 0 Å². The molecule has 0 saturated carbocycles. The van der Waals surface area contributed by atoms with Crippen molar-refractivity contribution in [2.45, 2.75) is 11.9 Å². The molecule has 1 aromatic carbocycles. The zero-order valence-electron chi connectivity index (χ0n) is 16.9. The molecule has 0 N–H and O–H groups in total. The quantitative estimate of drug-likeness (QED) is 0.229. The number of ketones is 1. The van der Waals surface area contributed by atoms with Crippen LogP contribution < -0.4 is 9.47 Å². The zero-order valence-corrected chi connectivity index (χ0v) is 17.7. The van der Waals surface area contributed by atoms with Crippen LogP contribution in [0, 0.1) is 6.92 Å². The Morgan fingerprint density at radius 2 is 1.87 bits per heavy atom. The van der Waals surface area contributed by atoms with Crippen LogP contribution in [0.2, 0.25) is 0 Å². The van der Waals surface area contributed by atoms with Gasteiger partial charge < -0.3 is 18.6 Å². The van der Waals surface area contributed by atoms with E-state index in [-0.39, 0.29) is 11.3 Å². The second kappa shape index (κ2) is 9.45. The number of nitrogens with zero attached hydrogens (tertiary/aromatic N) is 2.